The number of rotatable bonds is 12. The predicted molar refractivity (Wildman–Crippen MR) is 188 cm³/mol. The van der Waals surface area contributed by atoms with E-state index in [1.165, 1.54) is 0 Å². The number of ether oxygens (including phenoxy) is 4. The SMILES string of the molecule is COc1ccc(CN(Cc2ccc(OC)cc2)C(=O)c2ccnc(N3C[C@@H](c4ccc(OC)c(Oc5ccccc5C#N)c4)CC3=O)c2)cc1. The first kappa shape index (κ1) is 33.6. The Hall–Kier alpha value is -6.34. The van der Waals surface area contributed by atoms with Crippen LogP contribution in [-0.2, 0) is 17.9 Å². The molecule has 1 fully saturated rings. The quantitative estimate of drug-likeness (QED) is 0.138. The Balaban J connectivity index is 1.23. The van der Waals surface area contributed by atoms with Crippen molar-refractivity contribution < 1.29 is 28.5 Å². The number of nitrogens with zero attached hydrogens (tertiary/aromatic N) is 4. The Labute approximate surface area is 291 Å². The third-order valence-electron chi connectivity index (χ3n) is 8.63. The average molecular weight is 669 g/mol. The van der Waals surface area contributed by atoms with E-state index >= 15 is 0 Å². The largest absolute Gasteiger partial charge is 0.497 e. The maximum absolute atomic E-state index is 14.1. The fraction of sp³-hybridized carbons (Fsp3) is 0.200. The Morgan fingerprint density at radius 1 is 0.820 bits per heavy atom. The lowest BCUT2D eigenvalue weighted by molar-refractivity contribution is -0.117. The molecule has 1 aromatic heterocycles. The minimum atomic E-state index is -0.196. The van der Waals surface area contributed by atoms with Gasteiger partial charge in [-0.05, 0) is 77.4 Å². The fourth-order valence-electron chi connectivity index (χ4n) is 5.93. The average Bonchev–Trinajstić information content (AvgIpc) is 3.56. The molecule has 4 aromatic carbocycles. The maximum atomic E-state index is 14.1. The molecule has 0 N–H and O–H groups in total. The molecule has 0 bridgehead atoms. The highest BCUT2D eigenvalue weighted by molar-refractivity contribution is 5.98. The van der Waals surface area contributed by atoms with Crippen LogP contribution in [0.1, 0.15) is 45.0 Å². The second kappa shape index (κ2) is 15.3. The van der Waals surface area contributed by atoms with Gasteiger partial charge in [-0.1, -0.05) is 42.5 Å². The van der Waals surface area contributed by atoms with Crippen LogP contribution in [0.4, 0.5) is 5.82 Å². The molecule has 0 spiro atoms. The zero-order valence-corrected chi connectivity index (χ0v) is 28.0. The molecule has 10 heteroatoms. The summed E-state index contributed by atoms with van der Waals surface area (Å²) in [6, 6.07) is 33.2. The summed E-state index contributed by atoms with van der Waals surface area (Å²) < 4.78 is 22.3. The van der Waals surface area contributed by atoms with Crippen molar-refractivity contribution in [3.63, 3.8) is 0 Å². The second-order valence-corrected chi connectivity index (χ2v) is 11.8. The number of methoxy groups -OCH3 is 3. The van der Waals surface area contributed by atoms with E-state index in [1.807, 2.05) is 60.7 Å². The smallest absolute Gasteiger partial charge is 0.254 e. The summed E-state index contributed by atoms with van der Waals surface area (Å²) in [5, 5.41) is 9.53. The molecular formula is C40H36N4O6. The molecule has 5 aromatic rings. The number of benzene rings is 4. The summed E-state index contributed by atoms with van der Waals surface area (Å²) in [6.45, 7) is 1.08. The first-order valence-corrected chi connectivity index (χ1v) is 16.1. The molecule has 6 rings (SSSR count). The number of para-hydroxylation sites is 1. The van der Waals surface area contributed by atoms with Crippen LogP contribution >= 0.6 is 0 Å². The van der Waals surface area contributed by atoms with Gasteiger partial charge in [0, 0.05) is 43.7 Å². The van der Waals surface area contributed by atoms with Crippen LogP contribution in [0.15, 0.2) is 109 Å². The summed E-state index contributed by atoms with van der Waals surface area (Å²) in [4.78, 5) is 35.4. The van der Waals surface area contributed by atoms with Crippen LogP contribution in [0.3, 0.4) is 0 Å². The van der Waals surface area contributed by atoms with Gasteiger partial charge in [0.2, 0.25) is 5.91 Å². The molecule has 1 aliphatic heterocycles. The number of carbonyl (C=O) groups is 2. The van der Waals surface area contributed by atoms with Gasteiger partial charge >= 0.3 is 0 Å². The maximum Gasteiger partial charge on any atom is 0.254 e. The molecule has 0 saturated carbocycles. The lowest BCUT2D eigenvalue weighted by atomic mass is 9.98. The lowest BCUT2D eigenvalue weighted by Crippen LogP contribution is -2.31. The van der Waals surface area contributed by atoms with Gasteiger partial charge in [0.1, 0.15) is 29.1 Å². The van der Waals surface area contributed by atoms with Gasteiger partial charge in [-0.2, -0.15) is 5.26 Å². The van der Waals surface area contributed by atoms with Crippen molar-refractivity contribution in [3.8, 4) is 34.8 Å². The Morgan fingerprint density at radius 3 is 2.10 bits per heavy atom. The highest BCUT2D eigenvalue weighted by Gasteiger charge is 2.33. The van der Waals surface area contributed by atoms with Gasteiger partial charge in [-0.15, -0.1) is 0 Å². The highest BCUT2D eigenvalue weighted by atomic mass is 16.5. The third-order valence-corrected chi connectivity index (χ3v) is 8.63. The monoisotopic (exact) mass is 668 g/mol. The van der Waals surface area contributed by atoms with E-state index in [0.717, 1.165) is 28.2 Å². The topological polar surface area (TPSA) is 114 Å². The van der Waals surface area contributed by atoms with Crippen LogP contribution in [0.25, 0.3) is 0 Å². The van der Waals surface area contributed by atoms with Crippen LogP contribution in [0.2, 0.25) is 0 Å². The highest BCUT2D eigenvalue weighted by Crippen LogP contribution is 2.39. The molecule has 0 radical (unpaired) electrons. The van der Waals surface area contributed by atoms with Crippen LogP contribution in [0, 0.1) is 11.3 Å². The van der Waals surface area contributed by atoms with Gasteiger partial charge in [0.05, 0.1) is 26.9 Å². The Morgan fingerprint density at radius 2 is 1.48 bits per heavy atom. The normalized spacial score (nSPS) is 13.8. The molecule has 0 unspecified atom stereocenters. The van der Waals surface area contributed by atoms with Crippen LogP contribution in [0.5, 0.6) is 28.7 Å². The van der Waals surface area contributed by atoms with Crippen LogP contribution in [-0.4, -0.2) is 49.6 Å². The number of carbonyl (C=O) groups excluding carboxylic acids is 2. The van der Waals surface area contributed by atoms with Gasteiger partial charge in [-0.3, -0.25) is 14.5 Å². The standard InChI is InChI=1S/C40H36N4O6/c1-47-33-13-8-27(9-14-33)24-43(25-28-10-15-34(48-2)16-11-28)40(46)30-18-19-42-38(21-30)44-26-32(22-39(44)45)29-12-17-36(49-3)37(20-29)50-35-7-5-4-6-31(35)23-41/h4-21,32H,22,24-26H2,1-3H3/t32-/m0/s1. The lowest BCUT2D eigenvalue weighted by Gasteiger charge is -2.24. The number of pyridine rings is 1. The van der Waals surface area contributed by atoms with E-state index in [4.69, 9.17) is 18.9 Å². The van der Waals surface area contributed by atoms with Crippen molar-refractivity contribution in [1.29, 1.82) is 5.26 Å². The molecule has 2 amide bonds. The number of amides is 2. The zero-order chi connectivity index (χ0) is 35.0. The van der Waals surface area contributed by atoms with Gasteiger partial charge in [0.25, 0.3) is 5.91 Å². The number of hydrogen-bond acceptors (Lipinski definition) is 8. The summed E-state index contributed by atoms with van der Waals surface area (Å²) in [5.74, 6) is 2.77. The van der Waals surface area contributed by atoms with Crippen molar-refractivity contribution in [2.24, 2.45) is 0 Å². The fourth-order valence-corrected chi connectivity index (χ4v) is 5.93. The summed E-state index contributed by atoms with van der Waals surface area (Å²) >= 11 is 0. The van der Waals surface area contributed by atoms with Crippen molar-refractivity contribution >= 4 is 17.6 Å². The summed E-state index contributed by atoms with van der Waals surface area (Å²) in [7, 11) is 4.78. The van der Waals surface area contributed by atoms with E-state index in [2.05, 4.69) is 11.1 Å². The minimum Gasteiger partial charge on any atom is -0.497 e. The van der Waals surface area contributed by atoms with E-state index in [1.54, 1.807) is 79.8 Å². The molecule has 1 aliphatic rings. The van der Waals surface area contributed by atoms with E-state index in [9.17, 15) is 14.9 Å². The molecule has 50 heavy (non-hydrogen) atoms. The van der Waals surface area contributed by atoms with Gasteiger partial charge in [-0.25, -0.2) is 4.98 Å². The predicted octanol–water partition coefficient (Wildman–Crippen LogP) is 7.13. The number of aromatic nitrogens is 1. The van der Waals surface area contributed by atoms with Crippen LogP contribution < -0.4 is 23.8 Å². The number of nitriles is 1. The van der Waals surface area contributed by atoms with Gasteiger partial charge < -0.3 is 23.8 Å². The first-order valence-electron chi connectivity index (χ1n) is 16.1. The van der Waals surface area contributed by atoms with Crippen molar-refractivity contribution in [2.45, 2.75) is 25.4 Å². The van der Waals surface area contributed by atoms with Crippen molar-refractivity contribution in [1.82, 2.24) is 9.88 Å². The minimum absolute atomic E-state index is 0.103. The third kappa shape index (κ3) is 7.53. The second-order valence-electron chi connectivity index (χ2n) is 11.8. The molecule has 2 heterocycles. The molecule has 1 atom stereocenters. The van der Waals surface area contributed by atoms with Crippen molar-refractivity contribution in [2.75, 3.05) is 32.8 Å². The summed E-state index contributed by atoms with van der Waals surface area (Å²) in [5.41, 5.74) is 3.58. The summed E-state index contributed by atoms with van der Waals surface area (Å²) in [6.07, 6.45) is 1.82. The Bertz CT molecular complexity index is 1970. The van der Waals surface area contributed by atoms with E-state index in [0.29, 0.717) is 53.8 Å². The molecular weight excluding hydrogens is 632 g/mol. The molecule has 0 aliphatic carbocycles. The van der Waals surface area contributed by atoms with Gasteiger partial charge in [0.15, 0.2) is 11.5 Å². The molecule has 1 saturated heterocycles. The molecule has 10 nitrogen and oxygen atoms in total. The Kier molecular flexibility index (Phi) is 10.2. The first-order chi connectivity index (χ1) is 24.4. The molecule has 252 valence electrons. The zero-order valence-electron chi connectivity index (χ0n) is 28.0. The number of anilines is 1. The van der Waals surface area contributed by atoms with E-state index < -0.39 is 0 Å². The van der Waals surface area contributed by atoms with E-state index in [-0.39, 0.29) is 24.2 Å². The number of hydrogen-bond donors (Lipinski definition) is 0. The van der Waals surface area contributed by atoms with Crippen molar-refractivity contribution in [3.05, 3.63) is 137 Å².